The SMILES string of the molecule is COc1ccc(/C=C(/NC(=O)c2ccccc2)C(=O)Nc2cccc(SC(C(=O)Nc3ccc(C(C)C)cc3)c3ccccc3)c2)cc1OC. The van der Waals surface area contributed by atoms with Crippen LogP contribution in [0.4, 0.5) is 11.4 Å². The van der Waals surface area contributed by atoms with E-state index in [1.807, 2.05) is 72.8 Å². The minimum atomic E-state index is -0.572. The molecule has 0 spiro atoms. The first kappa shape index (κ1) is 35.5. The molecule has 1 unspecified atom stereocenters. The third kappa shape index (κ3) is 9.42. The number of anilines is 2. The predicted octanol–water partition coefficient (Wildman–Crippen LogP) is 8.71. The lowest BCUT2D eigenvalue weighted by Gasteiger charge is -2.18. The Bertz CT molecular complexity index is 1960. The summed E-state index contributed by atoms with van der Waals surface area (Å²) >= 11 is 1.37. The summed E-state index contributed by atoms with van der Waals surface area (Å²) in [5, 5.41) is 8.17. The van der Waals surface area contributed by atoms with Crippen LogP contribution < -0.4 is 25.4 Å². The van der Waals surface area contributed by atoms with Gasteiger partial charge in [0.15, 0.2) is 11.5 Å². The van der Waals surface area contributed by atoms with Crippen LogP contribution in [0.5, 0.6) is 11.5 Å². The van der Waals surface area contributed by atoms with E-state index in [0.717, 1.165) is 10.5 Å². The van der Waals surface area contributed by atoms with Crippen molar-refractivity contribution in [2.45, 2.75) is 29.9 Å². The molecule has 0 aliphatic heterocycles. The highest BCUT2D eigenvalue weighted by Gasteiger charge is 2.23. The fourth-order valence-corrected chi connectivity index (χ4v) is 6.18. The minimum absolute atomic E-state index is 0.0224. The molecule has 0 bridgehead atoms. The van der Waals surface area contributed by atoms with E-state index in [4.69, 9.17) is 9.47 Å². The molecule has 5 rings (SSSR count). The maximum Gasteiger partial charge on any atom is 0.272 e. The van der Waals surface area contributed by atoms with E-state index in [1.165, 1.54) is 24.4 Å². The van der Waals surface area contributed by atoms with Crippen LogP contribution in [-0.2, 0) is 9.59 Å². The van der Waals surface area contributed by atoms with Crippen molar-refractivity contribution in [3.8, 4) is 11.5 Å². The van der Waals surface area contributed by atoms with Gasteiger partial charge in [-0.05, 0) is 83.3 Å². The highest BCUT2D eigenvalue weighted by Crippen LogP contribution is 2.37. The van der Waals surface area contributed by atoms with Gasteiger partial charge in [-0.25, -0.2) is 0 Å². The number of amides is 3. The van der Waals surface area contributed by atoms with Gasteiger partial charge < -0.3 is 25.4 Å². The summed E-state index contributed by atoms with van der Waals surface area (Å²) in [5.41, 5.74) is 4.27. The summed E-state index contributed by atoms with van der Waals surface area (Å²) in [6.45, 7) is 4.25. The molecule has 0 aliphatic rings. The van der Waals surface area contributed by atoms with Crippen molar-refractivity contribution in [1.82, 2.24) is 5.32 Å². The average molecular weight is 686 g/mol. The Kier molecular flexibility index (Phi) is 12.1. The Morgan fingerprint density at radius 3 is 2.00 bits per heavy atom. The molecule has 0 fully saturated rings. The summed E-state index contributed by atoms with van der Waals surface area (Å²) in [5.74, 6) is 0.254. The van der Waals surface area contributed by atoms with Gasteiger partial charge in [-0.1, -0.05) is 86.6 Å². The van der Waals surface area contributed by atoms with Crippen molar-refractivity contribution in [2.75, 3.05) is 24.9 Å². The van der Waals surface area contributed by atoms with Crippen LogP contribution in [0.1, 0.15) is 52.1 Å². The Morgan fingerprint density at radius 2 is 1.34 bits per heavy atom. The van der Waals surface area contributed by atoms with Crippen LogP contribution >= 0.6 is 11.8 Å². The van der Waals surface area contributed by atoms with Gasteiger partial charge in [0.25, 0.3) is 11.8 Å². The molecule has 0 heterocycles. The number of nitrogens with one attached hydrogen (secondary N) is 3. The molecule has 0 saturated carbocycles. The van der Waals surface area contributed by atoms with Gasteiger partial charge in [0.05, 0.1) is 14.2 Å². The maximum absolute atomic E-state index is 13.8. The molecule has 1 atom stereocenters. The smallest absolute Gasteiger partial charge is 0.272 e. The van der Waals surface area contributed by atoms with Crippen LogP contribution in [-0.4, -0.2) is 31.9 Å². The molecular weight excluding hydrogens is 647 g/mol. The molecule has 0 aliphatic carbocycles. The summed E-state index contributed by atoms with van der Waals surface area (Å²) < 4.78 is 10.8. The lowest BCUT2D eigenvalue weighted by Crippen LogP contribution is -2.30. The van der Waals surface area contributed by atoms with Gasteiger partial charge in [-0.2, -0.15) is 0 Å². The van der Waals surface area contributed by atoms with Crippen molar-refractivity contribution in [3.05, 3.63) is 155 Å². The van der Waals surface area contributed by atoms with Crippen LogP contribution in [0.15, 0.2) is 138 Å². The van der Waals surface area contributed by atoms with Gasteiger partial charge in [0.2, 0.25) is 5.91 Å². The van der Waals surface area contributed by atoms with E-state index in [1.54, 1.807) is 67.8 Å². The van der Waals surface area contributed by atoms with Crippen molar-refractivity contribution in [3.63, 3.8) is 0 Å². The van der Waals surface area contributed by atoms with Crippen LogP contribution in [0.25, 0.3) is 6.08 Å². The minimum Gasteiger partial charge on any atom is -0.493 e. The Balaban J connectivity index is 1.39. The first-order valence-electron chi connectivity index (χ1n) is 16.1. The van der Waals surface area contributed by atoms with Gasteiger partial charge in [-0.15, -0.1) is 11.8 Å². The molecule has 5 aromatic rings. The molecule has 5 aromatic carbocycles. The first-order valence-corrected chi connectivity index (χ1v) is 17.0. The summed E-state index contributed by atoms with van der Waals surface area (Å²) in [7, 11) is 3.07. The summed E-state index contributed by atoms with van der Waals surface area (Å²) in [6, 6.07) is 38.5. The third-order valence-electron chi connectivity index (χ3n) is 7.78. The molecule has 0 radical (unpaired) electrons. The Hall–Kier alpha value is -5.80. The molecule has 3 amide bonds. The van der Waals surface area contributed by atoms with Crippen molar-refractivity contribution >= 4 is 46.9 Å². The maximum atomic E-state index is 13.8. The number of carbonyl (C=O) groups is 3. The monoisotopic (exact) mass is 685 g/mol. The fourth-order valence-electron chi connectivity index (χ4n) is 5.09. The Labute approximate surface area is 296 Å². The predicted molar refractivity (Wildman–Crippen MR) is 201 cm³/mol. The topological polar surface area (TPSA) is 106 Å². The van der Waals surface area contributed by atoms with Crippen molar-refractivity contribution < 1.29 is 23.9 Å². The standard InChI is InChI=1S/C41H39N3O5S/c1-27(2)29-19-21-32(22-20-29)42-41(47)38(30-12-7-5-8-13-30)50-34-17-11-16-33(26-34)43-40(46)35(44-39(45)31-14-9-6-10-15-31)24-28-18-23-36(48-3)37(25-28)49-4/h5-27,38H,1-4H3,(H,42,47)(H,43,46)(H,44,45)/b35-24+. The molecule has 50 heavy (non-hydrogen) atoms. The van der Waals surface area contributed by atoms with E-state index < -0.39 is 17.1 Å². The second kappa shape index (κ2) is 17.0. The number of methoxy groups -OCH3 is 2. The van der Waals surface area contributed by atoms with Gasteiger partial charge in [0.1, 0.15) is 10.9 Å². The summed E-state index contributed by atoms with van der Waals surface area (Å²) in [6.07, 6.45) is 1.57. The van der Waals surface area contributed by atoms with Crippen LogP contribution in [0.3, 0.4) is 0 Å². The molecule has 0 aromatic heterocycles. The number of ether oxygens (including phenoxy) is 2. The van der Waals surface area contributed by atoms with E-state index in [9.17, 15) is 14.4 Å². The number of hydrogen-bond donors (Lipinski definition) is 3. The normalized spacial score (nSPS) is 11.7. The summed E-state index contributed by atoms with van der Waals surface area (Å²) in [4.78, 5) is 41.4. The zero-order chi connectivity index (χ0) is 35.5. The molecule has 9 heteroatoms. The molecule has 0 saturated heterocycles. The highest BCUT2D eigenvalue weighted by atomic mass is 32.2. The highest BCUT2D eigenvalue weighted by molar-refractivity contribution is 8.00. The first-order chi connectivity index (χ1) is 24.2. The number of carbonyl (C=O) groups excluding carboxylic acids is 3. The van der Waals surface area contributed by atoms with Gasteiger partial charge in [-0.3, -0.25) is 14.4 Å². The van der Waals surface area contributed by atoms with E-state index in [-0.39, 0.29) is 11.6 Å². The lowest BCUT2D eigenvalue weighted by atomic mass is 10.0. The molecular formula is C41H39N3O5S. The molecule has 8 nitrogen and oxygen atoms in total. The average Bonchev–Trinajstić information content (AvgIpc) is 3.14. The number of rotatable bonds is 13. The number of hydrogen-bond acceptors (Lipinski definition) is 6. The van der Waals surface area contributed by atoms with E-state index in [2.05, 4.69) is 29.8 Å². The third-order valence-corrected chi connectivity index (χ3v) is 9.03. The van der Waals surface area contributed by atoms with Crippen molar-refractivity contribution in [1.29, 1.82) is 0 Å². The number of benzene rings is 5. The second-order valence-electron chi connectivity index (χ2n) is 11.6. The fraction of sp³-hybridized carbons (Fsp3) is 0.146. The molecule has 254 valence electrons. The Morgan fingerprint density at radius 1 is 0.660 bits per heavy atom. The van der Waals surface area contributed by atoms with Gasteiger partial charge in [0, 0.05) is 21.8 Å². The lowest BCUT2D eigenvalue weighted by molar-refractivity contribution is -0.116. The van der Waals surface area contributed by atoms with E-state index >= 15 is 0 Å². The number of thioether (sulfide) groups is 1. The van der Waals surface area contributed by atoms with E-state index in [0.29, 0.717) is 39.9 Å². The van der Waals surface area contributed by atoms with Crippen LogP contribution in [0.2, 0.25) is 0 Å². The zero-order valence-electron chi connectivity index (χ0n) is 28.3. The van der Waals surface area contributed by atoms with Crippen LogP contribution in [0, 0.1) is 0 Å². The molecule has 3 N–H and O–H groups in total. The largest absolute Gasteiger partial charge is 0.493 e. The second-order valence-corrected chi connectivity index (χ2v) is 12.8. The quantitative estimate of drug-likeness (QED) is 0.0846. The van der Waals surface area contributed by atoms with Crippen molar-refractivity contribution in [2.24, 2.45) is 0 Å². The zero-order valence-corrected chi connectivity index (χ0v) is 29.1. The van der Waals surface area contributed by atoms with Gasteiger partial charge >= 0.3 is 0 Å².